The summed E-state index contributed by atoms with van der Waals surface area (Å²) in [5.41, 5.74) is 3.73. The molecule has 1 fully saturated rings. The average Bonchev–Trinajstić information content (AvgIpc) is 3.33. The van der Waals surface area contributed by atoms with E-state index < -0.39 is 0 Å². The molecule has 0 amide bonds. The van der Waals surface area contributed by atoms with Crippen molar-refractivity contribution in [2.75, 3.05) is 18.4 Å². The van der Waals surface area contributed by atoms with E-state index in [1.54, 1.807) is 0 Å². The second-order valence-corrected chi connectivity index (χ2v) is 7.20. The molecule has 1 aliphatic heterocycles. The molecule has 0 atom stereocenters. The average molecular weight is 350 g/mol. The van der Waals surface area contributed by atoms with Gasteiger partial charge in [0, 0.05) is 30.2 Å². The molecule has 128 valence electrons. The second-order valence-electron chi connectivity index (χ2n) is 6.45. The quantitative estimate of drug-likeness (QED) is 0.715. The van der Waals surface area contributed by atoms with Crippen molar-refractivity contribution in [1.29, 1.82) is 0 Å². The van der Waals surface area contributed by atoms with Crippen molar-refractivity contribution in [1.82, 2.24) is 14.3 Å². The van der Waals surface area contributed by atoms with Gasteiger partial charge in [-0.15, -0.1) is 0 Å². The summed E-state index contributed by atoms with van der Waals surface area (Å²) in [6, 6.07) is 18.9. The van der Waals surface area contributed by atoms with E-state index in [9.17, 15) is 0 Å². The third-order valence-corrected chi connectivity index (χ3v) is 5.17. The molecule has 1 aromatic heterocycles. The minimum Gasteiger partial charge on any atom is -0.356 e. The SMILES string of the molecule is c1ccc(-c2nsc(NCc3cccc(CN4CCCC4)c3)n2)cc1. The fourth-order valence-electron chi connectivity index (χ4n) is 3.21. The molecule has 4 rings (SSSR count). The Morgan fingerprint density at radius 1 is 0.960 bits per heavy atom. The van der Waals surface area contributed by atoms with Crippen LogP contribution in [0.3, 0.4) is 0 Å². The molecule has 25 heavy (non-hydrogen) atoms. The number of rotatable bonds is 6. The van der Waals surface area contributed by atoms with Crippen LogP contribution in [-0.4, -0.2) is 27.3 Å². The summed E-state index contributed by atoms with van der Waals surface area (Å²) < 4.78 is 4.45. The highest BCUT2D eigenvalue weighted by Gasteiger charge is 2.12. The zero-order chi connectivity index (χ0) is 16.9. The van der Waals surface area contributed by atoms with Crippen molar-refractivity contribution in [2.24, 2.45) is 0 Å². The van der Waals surface area contributed by atoms with Gasteiger partial charge in [0.15, 0.2) is 5.82 Å². The van der Waals surface area contributed by atoms with Gasteiger partial charge in [0.1, 0.15) is 0 Å². The highest BCUT2D eigenvalue weighted by molar-refractivity contribution is 7.09. The van der Waals surface area contributed by atoms with E-state index in [1.807, 2.05) is 30.3 Å². The first kappa shape index (κ1) is 16.2. The summed E-state index contributed by atoms with van der Waals surface area (Å²) in [4.78, 5) is 7.12. The topological polar surface area (TPSA) is 41.1 Å². The largest absolute Gasteiger partial charge is 0.356 e. The van der Waals surface area contributed by atoms with Crippen LogP contribution in [0, 0.1) is 0 Å². The first-order valence-electron chi connectivity index (χ1n) is 8.80. The second kappa shape index (κ2) is 7.76. The lowest BCUT2D eigenvalue weighted by atomic mass is 10.1. The summed E-state index contributed by atoms with van der Waals surface area (Å²) in [6.07, 6.45) is 2.67. The van der Waals surface area contributed by atoms with Crippen molar-refractivity contribution in [2.45, 2.75) is 25.9 Å². The van der Waals surface area contributed by atoms with Crippen LogP contribution in [-0.2, 0) is 13.1 Å². The lowest BCUT2D eigenvalue weighted by molar-refractivity contribution is 0.331. The maximum Gasteiger partial charge on any atom is 0.203 e. The van der Waals surface area contributed by atoms with Crippen LogP contribution >= 0.6 is 11.5 Å². The summed E-state index contributed by atoms with van der Waals surface area (Å²) >= 11 is 1.41. The van der Waals surface area contributed by atoms with E-state index >= 15 is 0 Å². The number of anilines is 1. The third-order valence-electron chi connectivity index (χ3n) is 4.50. The summed E-state index contributed by atoms with van der Waals surface area (Å²) in [5.74, 6) is 0.788. The molecule has 1 saturated heterocycles. The molecular weight excluding hydrogens is 328 g/mol. The molecule has 1 aliphatic rings. The van der Waals surface area contributed by atoms with Crippen LogP contribution in [0.15, 0.2) is 54.6 Å². The molecule has 3 aromatic rings. The lowest BCUT2D eigenvalue weighted by Crippen LogP contribution is -2.18. The molecule has 5 heteroatoms. The summed E-state index contributed by atoms with van der Waals surface area (Å²) in [5, 5.41) is 4.27. The molecule has 2 heterocycles. The highest BCUT2D eigenvalue weighted by atomic mass is 32.1. The molecule has 0 spiro atoms. The van der Waals surface area contributed by atoms with Crippen LogP contribution in [0.4, 0.5) is 5.13 Å². The number of likely N-dealkylation sites (tertiary alicyclic amines) is 1. The van der Waals surface area contributed by atoms with Gasteiger partial charge in [0.05, 0.1) is 0 Å². The minimum atomic E-state index is 0.775. The van der Waals surface area contributed by atoms with Crippen LogP contribution in [0.5, 0.6) is 0 Å². The van der Waals surface area contributed by atoms with Gasteiger partial charge >= 0.3 is 0 Å². The van der Waals surface area contributed by atoms with Gasteiger partial charge < -0.3 is 5.32 Å². The molecule has 0 aliphatic carbocycles. The van der Waals surface area contributed by atoms with Crippen LogP contribution in [0.25, 0.3) is 11.4 Å². The Labute approximate surface area is 152 Å². The van der Waals surface area contributed by atoms with Crippen LogP contribution in [0.1, 0.15) is 24.0 Å². The fraction of sp³-hybridized carbons (Fsp3) is 0.300. The highest BCUT2D eigenvalue weighted by Crippen LogP contribution is 2.21. The Hall–Kier alpha value is -2.24. The Bertz CT molecular complexity index is 809. The number of nitrogens with one attached hydrogen (secondary N) is 1. The number of hydrogen-bond acceptors (Lipinski definition) is 5. The molecule has 0 saturated carbocycles. The Balaban J connectivity index is 1.37. The lowest BCUT2D eigenvalue weighted by Gasteiger charge is -2.15. The van der Waals surface area contributed by atoms with Gasteiger partial charge in [-0.05, 0) is 37.1 Å². The normalized spacial score (nSPS) is 14.7. The first-order valence-corrected chi connectivity index (χ1v) is 9.57. The van der Waals surface area contributed by atoms with E-state index in [4.69, 9.17) is 0 Å². The molecule has 0 radical (unpaired) electrons. The number of nitrogens with zero attached hydrogens (tertiary/aromatic N) is 3. The van der Waals surface area contributed by atoms with Gasteiger partial charge in [0.25, 0.3) is 0 Å². The van der Waals surface area contributed by atoms with Crippen molar-refractivity contribution in [3.63, 3.8) is 0 Å². The van der Waals surface area contributed by atoms with E-state index in [-0.39, 0.29) is 0 Å². The number of aromatic nitrogens is 2. The van der Waals surface area contributed by atoms with E-state index in [1.165, 1.54) is 48.6 Å². The van der Waals surface area contributed by atoms with Crippen molar-refractivity contribution >= 4 is 16.7 Å². The Kier molecular flexibility index (Phi) is 5.04. The Morgan fingerprint density at radius 3 is 2.60 bits per heavy atom. The van der Waals surface area contributed by atoms with Crippen molar-refractivity contribution in [3.05, 3.63) is 65.7 Å². The Morgan fingerprint density at radius 2 is 1.76 bits per heavy atom. The monoisotopic (exact) mass is 350 g/mol. The predicted molar refractivity (Wildman–Crippen MR) is 104 cm³/mol. The van der Waals surface area contributed by atoms with Gasteiger partial charge in [-0.1, -0.05) is 54.6 Å². The summed E-state index contributed by atoms with van der Waals surface area (Å²) in [7, 11) is 0. The maximum absolute atomic E-state index is 4.59. The molecular formula is C20H22N4S. The maximum atomic E-state index is 4.59. The van der Waals surface area contributed by atoms with Gasteiger partial charge in [-0.2, -0.15) is 9.36 Å². The zero-order valence-corrected chi connectivity index (χ0v) is 15.0. The van der Waals surface area contributed by atoms with E-state index in [0.717, 1.165) is 29.6 Å². The van der Waals surface area contributed by atoms with Crippen molar-refractivity contribution < 1.29 is 0 Å². The van der Waals surface area contributed by atoms with Crippen molar-refractivity contribution in [3.8, 4) is 11.4 Å². The van der Waals surface area contributed by atoms with E-state index in [0.29, 0.717) is 0 Å². The first-order chi connectivity index (χ1) is 12.4. The van der Waals surface area contributed by atoms with Gasteiger partial charge in [-0.3, -0.25) is 4.90 Å². The van der Waals surface area contributed by atoms with Crippen LogP contribution < -0.4 is 5.32 Å². The number of hydrogen-bond donors (Lipinski definition) is 1. The smallest absolute Gasteiger partial charge is 0.203 e. The standard InChI is InChI=1S/C20H22N4S/c1-2-9-18(10-3-1)19-22-20(25-23-19)21-14-16-7-6-8-17(13-16)15-24-11-4-5-12-24/h1-3,6-10,13H,4-5,11-12,14-15H2,(H,21,22,23). The molecule has 0 unspecified atom stereocenters. The van der Waals surface area contributed by atoms with Crippen LogP contribution in [0.2, 0.25) is 0 Å². The van der Waals surface area contributed by atoms with Gasteiger partial charge in [-0.25, -0.2) is 0 Å². The fourth-order valence-corrected chi connectivity index (χ4v) is 3.80. The molecule has 4 nitrogen and oxygen atoms in total. The predicted octanol–water partition coefficient (Wildman–Crippen LogP) is 4.41. The zero-order valence-electron chi connectivity index (χ0n) is 14.2. The summed E-state index contributed by atoms with van der Waals surface area (Å²) in [6.45, 7) is 4.30. The molecule has 2 aromatic carbocycles. The molecule has 0 bridgehead atoms. The third kappa shape index (κ3) is 4.24. The minimum absolute atomic E-state index is 0.775. The van der Waals surface area contributed by atoms with Gasteiger partial charge in [0.2, 0.25) is 5.13 Å². The van der Waals surface area contributed by atoms with E-state index in [2.05, 4.69) is 43.8 Å². The number of benzene rings is 2. The molecule has 1 N–H and O–H groups in total.